The molecule has 1 rings (SSSR count). The van der Waals surface area contributed by atoms with Gasteiger partial charge < -0.3 is 0 Å². The third-order valence-corrected chi connectivity index (χ3v) is 5.92. The van der Waals surface area contributed by atoms with Gasteiger partial charge in [-0.25, -0.2) is 0 Å². The molecule has 0 unspecified atom stereocenters. The quantitative estimate of drug-likeness (QED) is 0.391. The first kappa shape index (κ1) is 17.7. The maximum Gasteiger partial charge on any atom is 0.0754 e. The Morgan fingerprint density at radius 2 is 1.67 bits per heavy atom. The Balaban J connectivity index is 2.51. The fourth-order valence-electron chi connectivity index (χ4n) is 2.08. The van der Waals surface area contributed by atoms with Crippen LogP contribution in [-0.4, -0.2) is 8.07 Å². The van der Waals surface area contributed by atoms with Gasteiger partial charge in [0.25, 0.3) is 0 Å². The summed E-state index contributed by atoms with van der Waals surface area (Å²) < 4.78 is 0. The number of benzene rings is 1. The maximum atomic E-state index is 2.46. The van der Waals surface area contributed by atoms with Gasteiger partial charge in [0.15, 0.2) is 0 Å². The first-order valence-corrected chi connectivity index (χ1v) is 11.2. The summed E-state index contributed by atoms with van der Waals surface area (Å²) >= 11 is 0. The fourth-order valence-corrected chi connectivity index (χ4v) is 3.74. The predicted molar refractivity (Wildman–Crippen MR) is 100 cm³/mol. The molecular weight excluding hydrogens is 268 g/mol. The van der Waals surface area contributed by atoms with Gasteiger partial charge in [0.1, 0.15) is 0 Å². The minimum absolute atomic E-state index is 1.17. The van der Waals surface area contributed by atoms with Crippen molar-refractivity contribution in [2.45, 2.75) is 52.8 Å². The average molecular weight is 299 g/mol. The average Bonchev–Trinajstić information content (AvgIpc) is 2.44. The van der Waals surface area contributed by atoms with Crippen LogP contribution in [0.3, 0.4) is 0 Å². The van der Waals surface area contributed by atoms with E-state index in [0.717, 1.165) is 0 Å². The lowest BCUT2D eigenvalue weighted by Gasteiger charge is -2.15. The predicted octanol–water partition coefficient (Wildman–Crippen LogP) is 6.64. The molecule has 1 aromatic rings. The summed E-state index contributed by atoms with van der Waals surface area (Å²) in [5.41, 5.74) is 6.72. The van der Waals surface area contributed by atoms with Crippen molar-refractivity contribution in [2.75, 3.05) is 0 Å². The minimum Gasteiger partial charge on any atom is -0.0939 e. The molecule has 0 fully saturated rings. The van der Waals surface area contributed by atoms with Gasteiger partial charge in [-0.1, -0.05) is 78.5 Å². The van der Waals surface area contributed by atoms with Gasteiger partial charge in [-0.15, -0.1) is 0 Å². The van der Waals surface area contributed by atoms with Crippen LogP contribution < -0.4 is 0 Å². The van der Waals surface area contributed by atoms with Crippen LogP contribution in [0, 0.1) is 0 Å². The van der Waals surface area contributed by atoms with Crippen molar-refractivity contribution in [3.8, 4) is 0 Å². The van der Waals surface area contributed by atoms with E-state index in [1.54, 1.807) is 0 Å². The lowest BCUT2D eigenvalue weighted by molar-refractivity contribution is 0.963. The summed E-state index contributed by atoms with van der Waals surface area (Å²) in [7, 11) is -1.28. The third-order valence-electron chi connectivity index (χ3n) is 3.59. The first-order valence-electron chi connectivity index (χ1n) is 7.92. The van der Waals surface area contributed by atoms with Gasteiger partial charge in [0, 0.05) is 0 Å². The zero-order valence-electron chi connectivity index (χ0n) is 14.3. The number of hydrogen-bond acceptors (Lipinski definition) is 0. The zero-order chi connectivity index (χ0) is 15.7. The van der Waals surface area contributed by atoms with Crippen molar-refractivity contribution in [3.05, 3.63) is 64.9 Å². The standard InChI is InChI=1S/C20H30Si/c1-18(2)10-9-11-19(3)14-16-21(4,5)17-15-20-12-7-6-8-13-20/h6-8,10,12-15,17H,9,11,16H2,1-5H3. The highest BCUT2D eigenvalue weighted by Gasteiger charge is 2.14. The Morgan fingerprint density at radius 3 is 2.29 bits per heavy atom. The van der Waals surface area contributed by atoms with Crippen LogP contribution in [0.15, 0.2) is 59.3 Å². The summed E-state index contributed by atoms with van der Waals surface area (Å²) in [6.45, 7) is 11.5. The molecule has 0 saturated heterocycles. The van der Waals surface area contributed by atoms with Gasteiger partial charge in [-0.05, 0) is 45.2 Å². The van der Waals surface area contributed by atoms with Gasteiger partial charge in [-0.3, -0.25) is 0 Å². The molecule has 0 saturated carbocycles. The second kappa shape index (κ2) is 8.84. The van der Waals surface area contributed by atoms with Gasteiger partial charge in [0.2, 0.25) is 0 Å². The molecule has 0 bridgehead atoms. The van der Waals surface area contributed by atoms with E-state index in [1.807, 2.05) is 0 Å². The molecule has 0 aromatic heterocycles. The summed E-state index contributed by atoms with van der Waals surface area (Å²) in [6, 6.07) is 11.8. The van der Waals surface area contributed by atoms with Crippen LogP contribution in [0.25, 0.3) is 6.08 Å². The highest BCUT2D eigenvalue weighted by atomic mass is 28.3. The molecule has 0 aliphatic heterocycles. The molecular formula is C20H30Si. The summed E-state index contributed by atoms with van der Waals surface area (Å²) in [4.78, 5) is 0. The molecule has 0 heterocycles. The van der Waals surface area contributed by atoms with Crippen molar-refractivity contribution < 1.29 is 0 Å². The molecule has 0 aliphatic rings. The Labute approximate surface area is 132 Å². The van der Waals surface area contributed by atoms with E-state index >= 15 is 0 Å². The molecule has 0 spiro atoms. The van der Waals surface area contributed by atoms with Crippen molar-refractivity contribution in [1.29, 1.82) is 0 Å². The lowest BCUT2D eigenvalue weighted by atomic mass is 10.1. The minimum atomic E-state index is -1.28. The molecule has 114 valence electrons. The van der Waals surface area contributed by atoms with Gasteiger partial charge in [0.05, 0.1) is 8.07 Å². The van der Waals surface area contributed by atoms with E-state index in [4.69, 9.17) is 0 Å². The molecule has 1 heteroatoms. The Hall–Kier alpha value is -1.34. The van der Waals surface area contributed by atoms with Gasteiger partial charge in [-0.2, -0.15) is 0 Å². The zero-order valence-corrected chi connectivity index (χ0v) is 15.3. The van der Waals surface area contributed by atoms with Gasteiger partial charge >= 0.3 is 0 Å². The van der Waals surface area contributed by atoms with Crippen LogP contribution in [-0.2, 0) is 0 Å². The van der Waals surface area contributed by atoms with Crippen molar-refractivity contribution >= 4 is 14.1 Å². The highest BCUT2D eigenvalue weighted by molar-refractivity contribution is 6.83. The number of hydrogen-bond donors (Lipinski definition) is 0. The molecule has 0 radical (unpaired) electrons. The van der Waals surface area contributed by atoms with E-state index in [2.05, 4.69) is 88.1 Å². The van der Waals surface area contributed by atoms with E-state index in [0.29, 0.717) is 0 Å². The SMILES string of the molecule is CC(C)=CCCC(C)=CC[Si](C)(C)C=Cc1ccccc1. The smallest absolute Gasteiger partial charge is 0.0754 e. The molecule has 0 N–H and O–H groups in total. The fraction of sp³-hybridized carbons (Fsp3) is 0.400. The maximum absolute atomic E-state index is 2.46. The first-order chi connectivity index (χ1) is 9.89. The number of rotatable bonds is 7. The van der Waals surface area contributed by atoms with Crippen LogP contribution >= 0.6 is 0 Å². The Kier molecular flexibility index (Phi) is 7.45. The molecule has 0 atom stereocenters. The Bertz CT molecular complexity index is 500. The highest BCUT2D eigenvalue weighted by Crippen LogP contribution is 2.17. The van der Waals surface area contributed by atoms with Crippen LogP contribution in [0.1, 0.15) is 39.2 Å². The van der Waals surface area contributed by atoms with Crippen LogP contribution in [0.5, 0.6) is 0 Å². The van der Waals surface area contributed by atoms with E-state index in [-0.39, 0.29) is 0 Å². The van der Waals surface area contributed by atoms with Crippen molar-refractivity contribution in [1.82, 2.24) is 0 Å². The normalized spacial score (nSPS) is 12.7. The lowest BCUT2D eigenvalue weighted by Crippen LogP contribution is -2.20. The molecule has 0 aliphatic carbocycles. The van der Waals surface area contributed by atoms with E-state index in [1.165, 1.54) is 35.6 Å². The largest absolute Gasteiger partial charge is 0.0939 e. The second-order valence-electron chi connectivity index (χ2n) is 6.81. The number of allylic oxidation sites excluding steroid dienone is 4. The molecule has 21 heavy (non-hydrogen) atoms. The molecule has 0 amide bonds. The van der Waals surface area contributed by atoms with E-state index < -0.39 is 8.07 Å². The van der Waals surface area contributed by atoms with Crippen LogP contribution in [0.4, 0.5) is 0 Å². The summed E-state index contributed by atoms with van der Waals surface area (Å²) in [6.07, 6.45) is 9.44. The second-order valence-corrected chi connectivity index (χ2v) is 11.5. The summed E-state index contributed by atoms with van der Waals surface area (Å²) in [5, 5.41) is 0. The third kappa shape index (κ3) is 8.51. The van der Waals surface area contributed by atoms with Crippen molar-refractivity contribution in [2.24, 2.45) is 0 Å². The van der Waals surface area contributed by atoms with Crippen molar-refractivity contribution in [3.63, 3.8) is 0 Å². The van der Waals surface area contributed by atoms with E-state index in [9.17, 15) is 0 Å². The Morgan fingerprint density at radius 1 is 1.00 bits per heavy atom. The topological polar surface area (TPSA) is 0 Å². The molecule has 1 aromatic carbocycles. The van der Waals surface area contributed by atoms with Crippen LogP contribution in [0.2, 0.25) is 19.1 Å². The molecule has 0 nitrogen and oxygen atoms in total. The summed E-state index contributed by atoms with van der Waals surface area (Å²) in [5.74, 6) is 0. The monoisotopic (exact) mass is 298 g/mol.